The number of nitrogens with zero attached hydrogens (tertiary/aromatic N) is 2. The Labute approximate surface area is 252 Å². The molecule has 9 heteroatoms. The minimum absolute atomic E-state index is 0. The van der Waals surface area contributed by atoms with Gasteiger partial charge in [0, 0.05) is 67.5 Å². The molecule has 1 saturated carbocycles. The minimum Gasteiger partial charge on any atom is -0.550 e. The van der Waals surface area contributed by atoms with Crippen molar-refractivity contribution in [2.75, 3.05) is 0 Å². The summed E-state index contributed by atoms with van der Waals surface area (Å²) in [5.41, 5.74) is 2.36. The molecule has 1 fully saturated rings. The Morgan fingerprint density at radius 2 is 1.13 bits per heavy atom. The first-order valence-electron chi connectivity index (χ1n) is 12.8. The average Bonchev–Trinajstić information content (AvgIpc) is 2.78. The van der Waals surface area contributed by atoms with Gasteiger partial charge in [0.25, 0.3) is 0 Å². The topological polar surface area (TPSA) is 105 Å². The third-order valence-corrected chi connectivity index (χ3v) is 6.76. The monoisotopic (exact) mass is 620 g/mol. The van der Waals surface area contributed by atoms with Crippen LogP contribution in [0.1, 0.15) is 96.4 Å². The molecule has 0 aliphatic heterocycles. The van der Waals surface area contributed by atoms with Crippen molar-refractivity contribution in [2.24, 2.45) is 9.98 Å². The Bertz CT molecular complexity index is 1110. The summed E-state index contributed by atoms with van der Waals surface area (Å²) in [4.78, 5) is 18.5. The first-order valence-corrected chi connectivity index (χ1v) is 13.6. The second-order valence-electron chi connectivity index (χ2n) is 11.7. The van der Waals surface area contributed by atoms with Crippen molar-refractivity contribution in [1.29, 1.82) is 0 Å². The van der Waals surface area contributed by atoms with E-state index < -0.39 is 5.97 Å². The SMILES string of the molecule is CC(=O)[O-].CC(C)(C)c1cc(Cl)cc(C=NC2CCCCC2N=Cc2cc(Cl)cc(C(C)(C)C)c2O)c1O.[Co]. The largest absolute Gasteiger partial charge is 0.550 e. The van der Waals surface area contributed by atoms with Crippen LogP contribution in [-0.4, -0.2) is 40.7 Å². The van der Waals surface area contributed by atoms with Crippen LogP contribution in [0, 0.1) is 0 Å². The van der Waals surface area contributed by atoms with Crippen LogP contribution in [0.2, 0.25) is 10.0 Å². The van der Waals surface area contributed by atoms with Gasteiger partial charge in [-0.2, -0.15) is 0 Å². The van der Waals surface area contributed by atoms with Crippen molar-refractivity contribution in [2.45, 2.75) is 97.1 Å². The molecule has 0 saturated heterocycles. The van der Waals surface area contributed by atoms with Gasteiger partial charge in [-0.1, -0.05) is 77.6 Å². The molecule has 1 aliphatic carbocycles. The quantitative estimate of drug-likeness (QED) is 0.376. The Kier molecular flexibility index (Phi) is 13.0. The van der Waals surface area contributed by atoms with E-state index in [2.05, 4.69) is 0 Å². The summed E-state index contributed by atoms with van der Waals surface area (Å²) in [6.45, 7) is 13.2. The van der Waals surface area contributed by atoms with Crippen LogP contribution in [0.3, 0.4) is 0 Å². The molecule has 2 aromatic rings. The molecule has 217 valence electrons. The third kappa shape index (κ3) is 10.4. The van der Waals surface area contributed by atoms with Crippen LogP contribution in [-0.2, 0) is 32.4 Å². The number of phenols is 2. The second kappa shape index (κ2) is 14.5. The minimum atomic E-state index is -1.08. The number of aliphatic carboxylic acids is 1. The number of hydrogen-bond donors (Lipinski definition) is 2. The molecule has 2 N–H and O–H groups in total. The number of carbonyl (C=O) groups excluding carboxylic acids is 1. The van der Waals surface area contributed by atoms with Gasteiger partial charge in [0.1, 0.15) is 11.5 Å². The third-order valence-electron chi connectivity index (χ3n) is 6.33. The Morgan fingerprint density at radius 3 is 1.41 bits per heavy atom. The van der Waals surface area contributed by atoms with Crippen molar-refractivity contribution in [3.8, 4) is 11.5 Å². The van der Waals surface area contributed by atoms with Gasteiger partial charge >= 0.3 is 0 Å². The van der Waals surface area contributed by atoms with Gasteiger partial charge in [-0.05, 0) is 54.9 Å². The first kappa shape index (κ1) is 35.0. The molecular formula is C30H39Cl2CoN2O4-. The molecule has 0 amide bonds. The number of benzene rings is 2. The van der Waals surface area contributed by atoms with Crippen molar-refractivity contribution >= 4 is 41.6 Å². The van der Waals surface area contributed by atoms with E-state index in [1.165, 1.54) is 0 Å². The smallest absolute Gasteiger partial charge is 0.128 e. The van der Waals surface area contributed by atoms with Crippen LogP contribution in [0.4, 0.5) is 0 Å². The van der Waals surface area contributed by atoms with Gasteiger partial charge in [-0.25, -0.2) is 0 Å². The molecule has 0 aromatic heterocycles. The predicted octanol–water partition coefficient (Wildman–Crippen LogP) is 6.60. The number of carboxylic acid groups (broad SMARTS) is 1. The summed E-state index contributed by atoms with van der Waals surface area (Å²) >= 11 is 12.7. The standard InChI is InChI=1S/C28H36Cl2N2O2.C2H4O2.Co/c1-27(2,3)21-13-19(29)11-17(25(21)33)15-31-23-9-7-8-10-24(23)32-16-18-12-20(30)14-22(26(18)34)28(4,5)6;1-2(3)4;/h11-16,23-24,33-34H,7-10H2,1-6H3;1H3,(H,3,4);/p-1. The Balaban J connectivity index is 0.00000142. The molecular weight excluding hydrogens is 582 g/mol. The fraction of sp³-hybridized carbons (Fsp3) is 0.500. The second-order valence-corrected chi connectivity index (χ2v) is 12.6. The molecule has 39 heavy (non-hydrogen) atoms. The zero-order valence-corrected chi connectivity index (χ0v) is 26.2. The van der Waals surface area contributed by atoms with Crippen LogP contribution >= 0.6 is 23.2 Å². The summed E-state index contributed by atoms with van der Waals surface area (Å²) in [5.74, 6) is -0.648. The van der Waals surface area contributed by atoms with Gasteiger partial charge < -0.3 is 20.1 Å². The van der Waals surface area contributed by atoms with Crippen molar-refractivity contribution in [3.05, 3.63) is 56.6 Å². The molecule has 2 atom stereocenters. The number of aliphatic imine (C=N–C) groups is 2. The van der Waals surface area contributed by atoms with Gasteiger partial charge in [0.05, 0.1) is 12.1 Å². The number of phenolic OH excluding ortho intramolecular Hbond substituents is 2. The summed E-state index contributed by atoms with van der Waals surface area (Å²) in [7, 11) is 0. The number of carboxylic acids is 1. The van der Waals surface area contributed by atoms with Crippen LogP contribution in [0.15, 0.2) is 34.3 Å². The molecule has 3 rings (SSSR count). The van der Waals surface area contributed by atoms with Gasteiger partial charge in [0.15, 0.2) is 0 Å². The first-order chi connectivity index (χ1) is 17.5. The fourth-order valence-electron chi connectivity index (χ4n) is 4.37. The number of halogens is 2. The molecule has 1 aliphatic rings. The Morgan fingerprint density at radius 1 is 0.821 bits per heavy atom. The molecule has 2 aromatic carbocycles. The zero-order valence-electron chi connectivity index (χ0n) is 23.6. The van der Waals surface area contributed by atoms with Gasteiger partial charge in [0.2, 0.25) is 0 Å². The summed E-state index contributed by atoms with van der Waals surface area (Å²) < 4.78 is 0. The molecule has 1 radical (unpaired) electrons. The van der Waals surface area contributed by atoms with E-state index in [0.717, 1.165) is 43.7 Å². The van der Waals surface area contributed by atoms with Crippen molar-refractivity contribution < 1.29 is 36.9 Å². The van der Waals surface area contributed by atoms with Crippen LogP contribution in [0.25, 0.3) is 0 Å². The van der Waals surface area contributed by atoms with E-state index in [1.807, 2.05) is 53.7 Å². The van der Waals surface area contributed by atoms with Gasteiger partial charge in [-0.15, -0.1) is 0 Å². The molecule has 0 heterocycles. The van der Waals surface area contributed by atoms with E-state index in [1.54, 1.807) is 24.6 Å². The van der Waals surface area contributed by atoms with E-state index in [9.17, 15) is 10.2 Å². The fourth-order valence-corrected chi connectivity index (χ4v) is 4.83. The van der Waals surface area contributed by atoms with Crippen LogP contribution < -0.4 is 5.11 Å². The number of rotatable bonds is 4. The molecule has 0 bridgehead atoms. The number of hydrogen-bond acceptors (Lipinski definition) is 6. The van der Waals surface area contributed by atoms with Crippen molar-refractivity contribution in [1.82, 2.24) is 0 Å². The average molecular weight is 621 g/mol. The normalized spacial score (nSPS) is 18.0. The van der Waals surface area contributed by atoms with E-state index in [-0.39, 0.29) is 51.2 Å². The molecule has 6 nitrogen and oxygen atoms in total. The molecule has 2 unspecified atom stereocenters. The van der Waals surface area contributed by atoms with E-state index in [4.69, 9.17) is 43.1 Å². The summed E-state index contributed by atoms with van der Waals surface area (Å²) in [6.07, 6.45) is 7.45. The maximum absolute atomic E-state index is 10.8. The van der Waals surface area contributed by atoms with E-state index in [0.29, 0.717) is 21.2 Å². The van der Waals surface area contributed by atoms with Gasteiger partial charge in [-0.3, -0.25) is 9.98 Å². The maximum Gasteiger partial charge on any atom is 0.128 e. The predicted molar refractivity (Wildman–Crippen MR) is 156 cm³/mol. The summed E-state index contributed by atoms with van der Waals surface area (Å²) in [5, 5.41) is 31.7. The number of aromatic hydroxyl groups is 2. The maximum atomic E-state index is 10.8. The Hall–Kier alpha value is -2.06. The van der Waals surface area contributed by atoms with E-state index >= 15 is 0 Å². The van der Waals surface area contributed by atoms with Crippen molar-refractivity contribution in [3.63, 3.8) is 0 Å². The van der Waals surface area contributed by atoms with Crippen LogP contribution in [0.5, 0.6) is 11.5 Å². The molecule has 0 spiro atoms. The summed E-state index contributed by atoms with van der Waals surface area (Å²) in [6, 6.07) is 7.09. The zero-order chi connectivity index (χ0) is 28.8. The number of carbonyl (C=O) groups is 1.